The minimum absolute atomic E-state index is 0.0928. The van der Waals surface area contributed by atoms with Crippen LogP contribution in [-0.2, 0) is 6.54 Å². The molecule has 1 atom stereocenters. The van der Waals surface area contributed by atoms with Crippen molar-refractivity contribution >= 4 is 27.9 Å². The minimum atomic E-state index is -0.0928. The van der Waals surface area contributed by atoms with Gasteiger partial charge in [0.1, 0.15) is 0 Å². The first-order chi connectivity index (χ1) is 14.4. The summed E-state index contributed by atoms with van der Waals surface area (Å²) in [6, 6.07) is 26.9. The van der Waals surface area contributed by atoms with E-state index in [0.29, 0.717) is 0 Å². The Morgan fingerprint density at radius 2 is 1.40 bits per heavy atom. The normalized spacial score (nSPS) is 16.7. The molecule has 0 bridgehead atoms. The summed E-state index contributed by atoms with van der Waals surface area (Å²) in [7, 11) is 0. The lowest BCUT2D eigenvalue weighted by atomic mass is 9.87. The van der Waals surface area contributed by atoms with E-state index in [2.05, 4.69) is 112 Å². The van der Waals surface area contributed by atoms with E-state index in [1.165, 1.54) is 43.8 Å². The largest absolute Gasteiger partial charge is 0.352 e. The van der Waals surface area contributed by atoms with Crippen molar-refractivity contribution in [2.75, 3.05) is 0 Å². The fraction of sp³-hybridized carbons (Fsp3) is 0.250. The van der Waals surface area contributed by atoms with E-state index in [9.17, 15) is 0 Å². The minimum Gasteiger partial charge on any atom is -0.352 e. The van der Waals surface area contributed by atoms with Gasteiger partial charge in [0, 0.05) is 6.54 Å². The van der Waals surface area contributed by atoms with Crippen molar-refractivity contribution in [3.63, 3.8) is 0 Å². The molecule has 0 unspecified atom stereocenters. The molecule has 2 nitrogen and oxygen atoms in total. The van der Waals surface area contributed by atoms with Gasteiger partial charge in [0.05, 0.1) is 17.9 Å². The third kappa shape index (κ3) is 3.17. The van der Waals surface area contributed by atoms with Crippen LogP contribution in [0, 0.1) is 0 Å². The number of fused-ring (bicyclic) bond motifs is 7. The second kappa shape index (κ2) is 6.98. The lowest BCUT2D eigenvalue weighted by Crippen LogP contribution is -2.26. The summed E-state index contributed by atoms with van der Waals surface area (Å²) in [6.07, 6.45) is 2.06. The highest BCUT2D eigenvalue weighted by atomic mass is 15.2. The van der Waals surface area contributed by atoms with Crippen molar-refractivity contribution < 1.29 is 0 Å². The smallest absolute Gasteiger partial charge is 0.0864 e. The maximum absolute atomic E-state index is 4.84. The van der Waals surface area contributed by atoms with Gasteiger partial charge < -0.3 is 4.90 Å². The Labute approximate surface area is 178 Å². The fourth-order valence-electron chi connectivity index (χ4n) is 4.56. The van der Waals surface area contributed by atoms with E-state index in [0.717, 1.165) is 6.54 Å². The fourth-order valence-corrected chi connectivity index (χ4v) is 4.56. The number of benzene rings is 4. The zero-order valence-corrected chi connectivity index (χ0v) is 18.2. The van der Waals surface area contributed by atoms with Gasteiger partial charge in [-0.2, -0.15) is 0 Å². The summed E-state index contributed by atoms with van der Waals surface area (Å²) in [5.41, 5.74) is 5.38. The van der Waals surface area contributed by atoms with Crippen LogP contribution in [-0.4, -0.2) is 16.8 Å². The highest BCUT2D eigenvalue weighted by molar-refractivity contribution is 6.08. The standard InChI is InChI=1S/C28H28N2/c1-19-23-16-15-21-10-6-8-12-25(21)27(23)26-22(17-30(19)18-29-28(2,3)4)14-13-20-9-5-7-11-24(20)26/h5-16,18-19H,17H2,1-4H3/t19-/m0/s1. The summed E-state index contributed by atoms with van der Waals surface area (Å²) in [4.78, 5) is 7.23. The van der Waals surface area contributed by atoms with Gasteiger partial charge in [-0.05, 0) is 71.5 Å². The molecule has 30 heavy (non-hydrogen) atoms. The summed E-state index contributed by atoms with van der Waals surface area (Å²) in [5.74, 6) is 0. The van der Waals surface area contributed by atoms with Crippen LogP contribution in [0.3, 0.4) is 0 Å². The third-order valence-electron chi connectivity index (χ3n) is 6.12. The van der Waals surface area contributed by atoms with Crippen LogP contribution in [0.25, 0.3) is 32.7 Å². The van der Waals surface area contributed by atoms with Crippen molar-refractivity contribution in [1.29, 1.82) is 0 Å². The molecule has 4 aromatic carbocycles. The molecule has 4 aromatic rings. The van der Waals surface area contributed by atoms with E-state index in [1.807, 2.05) is 0 Å². The van der Waals surface area contributed by atoms with Crippen molar-refractivity contribution in [1.82, 2.24) is 4.90 Å². The van der Waals surface area contributed by atoms with Crippen LogP contribution in [0.5, 0.6) is 0 Å². The number of hydrogen-bond acceptors (Lipinski definition) is 1. The van der Waals surface area contributed by atoms with Gasteiger partial charge in [-0.15, -0.1) is 0 Å². The molecule has 2 heteroatoms. The molecule has 0 saturated carbocycles. The molecule has 0 aromatic heterocycles. The Morgan fingerprint density at radius 1 is 0.800 bits per heavy atom. The van der Waals surface area contributed by atoms with E-state index < -0.39 is 0 Å². The highest BCUT2D eigenvalue weighted by Gasteiger charge is 2.27. The maximum Gasteiger partial charge on any atom is 0.0864 e. The van der Waals surface area contributed by atoms with Gasteiger partial charge in [-0.25, -0.2) is 0 Å². The van der Waals surface area contributed by atoms with Crippen molar-refractivity contribution in [3.05, 3.63) is 83.9 Å². The SMILES string of the molecule is C[C@H]1c2ccc3ccccc3c2-c2c(ccc3ccccc23)CN1C=NC(C)(C)C. The molecule has 1 aliphatic rings. The molecular formula is C28H28N2. The topological polar surface area (TPSA) is 15.6 Å². The Kier molecular flexibility index (Phi) is 4.39. The summed E-state index contributed by atoms with van der Waals surface area (Å²) in [5, 5.41) is 5.24. The number of aliphatic imine (C=N–C) groups is 1. The number of hydrogen-bond donors (Lipinski definition) is 0. The van der Waals surface area contributed by atoms with Crippen LogP contribution in [0.2, 0.25) is 0 Å². The first-order valence-electron chi connectivity index (χ1n) is 10.8. The average Bonchev–Trinajstić information content (AvgIpc) is 2.86. The van der Waals surface area contributed by atoms with E-state index in [1.54, 1.807) is 0 Å². The summed E-state index contributed by atoms with van der Waals surface area (Å²) < 4.78 is 0. The molecular weight excluding hydrogens is 364 g/mol. The average molecular weight is 393 g/mol. The molecule has 0 aliphatic carbocycles. The van der Waals surface area contributed by atoms with Gasteiger partial charge >= 0.3 is 0 Å². The Morgan fingerprint density at radius 3 is 2.07 bits per heavy atom. The predicted molar refractivity (Wildman–Crippen MR) is 129 cm³/mol. The molecule has 1 heterocycles. The van der Waals surface area contributed by atoms with Crippen molar-refractivity contribution in [3.8, 4) is 11.1 Å². The molecule has 0 spiro atoms. The Hall–Kier alpha value is -3.13. The lowest BCUT2D eigenvalue weighted by Gasteiger charge is -2.27. The second-order valence-corrected chi connectivity index (χ2v) is 9.34. The van der Waals surface area contributed by atoms with Crippen LogP contribution < -0.4 is 0 Å². The Bertz CT molecular complexity index is 1280. The molecule has 5 rings (SSSR count). The molecule has 1 aliphatic heterocycles. The van der Waals surface area contributed by atoms with Gasteiger partial charge in [0.25, 0.3) is 0 Å². The van der Waals surface area contributed by atoms with Gasteiger partial charge in [0.2, 0.25) is 0 Å². The highest BCUT2D eigenvalue weighted by Crippen LogP contribution is 2.45. The van der Waals surface area contributed by atoms with Crippen LogP contribution in [0.4, 0.5) is 0 Å². The van der Waals surface area contributed by atoms with Crippen molar-refractivity contribution in [2.24, 2.45) is 4.99 Å². The van der Waals surface area contributed by atoms with Crippen molar-refractivity contribution in [2.45, 2.75) is 45.8 Å². The Balaban J connectivity index is 1.86. The molecule has 150 valence electrons. The van der Waals surface area contributed by atoms with E-state index in [-0.39, 0.29) is 11.6 Å². The second-order valence-electron chi connectivity index (χ2n) is 9.34. The van der Waals surface area contributed by atoms with Crippen LogP contribution >= 0.6 is 0 Å². The van der Waals surface area contributed by atoms with Crippen LogP contribution in [0.15, 0.2) is 77.8 Å². The lowest BCUT2D eigenvalue weighted by molar-refractivity contribution is 0.340. The monoisotopic (exact) mass is 392 g/mol. The van der Waals surface area contributed by atoms with E-state index in [4.69, 9.17) is 4.99 Å². The molecule has 0 saturated heterocycles. The molecule has 0 N–H and O–H groups in total. The molecule has 0 amide bonds. The zero-order chi connectivity index (χ0) is 20.9. The van der Waals surface area contributed by atoms with Gasteiger partial charge in [-0.1, -0.05) is 72.8 Å². The quantitative estimate of drug-likeness (QED) is 0.244. The molecule has 0 radical (unpaired) electrons. The first-order valence-corrected chi connectivity index (χ1v) is 10.8. The zero-order valence-electron chi connectivity index (χ0n) is 18.2. The third-order valence-corrected chi connectivity index (χ3v) is 6.12. The number of rotatable bonds is 1. The predicted octanol–water partition coefficient (Wildman–Crippen LogP) is 7.36. The summed E-state index contributed by atoms with van der Waals surface area (Å²) >= 11 is 0. The number of nitrogens with zero attached hydrogens (tertiary/aromatic N) is 2. The van der Waals surface area contributed by atoms with E-state index >= 15 is 0 Å². The molecule has 0 fully saturated rings. The summed E-state index contributed by atoms with van der Waals surface area (Å²) in [6.45, 7) is 9.60. The van der Waals surface area contributed by atoms with Gasteiger partial charge in [0.15, 0.2) is 0 Å². The first kappa shape index (κ1) is 18.9. The van der Waals surface area contributed by atoms with Crippen LogP contribution in [0.1, 0.15) is 44.9 Å². The van der Waals surface area contributed by atoms with Gasteiger partial charge in [-0.3, -0.25) is 4.99 Å². The maximum atomic E-state index is 4.84.